The Morgan fingerprint density at radius 2 is 1.92 bits per heavy atom. The number of amides is 1. The van der Waals surface area contributed by atoms with Crippen molar-refractivity contribution in [3.63, 3.8) is 0 Å². The van der Waals surface area contributed by atoms with Gasteiger partial charge >= 0.3 is 12.1 Å². The molecule has 2 N–H and O–H groups in total. The van der Waals surface area contributed by atoms with E-state index in [-0.39, 0.29) is 24.3 Å². The van der Waals surface area contributed by atoms with Crippen molar-refractivity contribution in [3.8, 4) is 0 Å². The number of carbonyl (C=O) groups is 2. The van der Waals surface area contributed by atoms with E-state index in [1.165, 1.54) is 6.20 Å². The molecular weight excluding hydrogens is 334 g/mol. The van der Waals surface area contributed by atoms with E-state index in [0.29, 0.717) is 5.69 Å². The van der Waals surface area contributed by atoms with Crippen molar-refractivity contribution in [1.29, 1.82) is 0 Å². The van der Waals surface area contributed by atoms with Crippen LogP contribution in [0.2, 0.25) is 0 Å². The lowest BCUT2D eigenvalue weighted by Crippen LogP contribution is -2.38. The minimum Gasteiger partial charge on any atom is -0.478 e. The molecule has 2 aromatic rings. The first-order chi connectivity index (χ1) is 12.5. The number of carboxylic acids is 1. The van der Waals surface area contributed by atoms with E-state index in [4.69, 9.17) is 9.84 Å². The van der Waals surface area contributed by atoms with Gasteiger partial charge in [-0.3, -0.25) is 4.68 Å². The summed E-state index contributed by atoms with van der Waals surface area (Å²) >= 11 is 0. The number of hydrogen-bond donors (Lipinski definition) is 2. The fraction of sp³-hybridized carbons (Fsp3) is 0.421. The molecule has 1 fully saturated rings. The van der Waals surface area contributed by atoms with Gasteiger partial charge in [0.2, 0.25) is 0 Å². The molecule has 0 saturated heterocycles. The van der Waals surface area contributed by atoms with E-state index >= 15 is 0 Å². The lowest BCUT2D eigenvalue weighted by atomic mass is 9.91. The SMILES string of the molecule is Cc1c(C(=O)O)cnn1[C@H]1CC[C@H](NC(=O)OCc2ccccc2)CC1. The van der Waals surface area contributed by atoms with Gasteiger partial charge in [-0.25, -0.2) is 9.59 Å². The first kappa shape index (κ1) is 18.0. The minimum atomic E-state index is -0.953. The number of rotatable bonds is 5. The van der Waals surface area contributed by atoms with Crippen LogP contribution < -0.4 is 5.32 Å². The molecule has 0 bridgehead atoms. The van der Waals surface area contributed by atoms with E-state index in [1.54, 1.807) is 11.6 Å². The van der Waals surface area contributed by atoms with E-state index in [1.807, 2.05) is 30.3 Å². The van der Waals surface area contributed by atoms with Crippen LogP contribution in [0.4, 0.5) is 4.79 Å². The highest BCUT2D eigenvalue weighted by Crippen LogP contribution is 2.29. The molecule has 1 aromatic carbocycles. The molecule has 1 aliphatic rings. The Morgan fingerprint density at radius 3 is 2.54 bits per heavy atom. The summed E-state index contributed by atoms with van der Waals surface area (Å²) < 4.78 is 7.06. The first-order valence-corrected chi connectivity index (χ1v) is 8.79. The zero-order chi connectivity index (χ0) is 18.5. The summed E-state index contributed by atoms with van der Waals surface area (Å²) in [6.45, 7) is 2.04. The average molecular weight is 357 g/mol. The van der Waals surface area contributed by atoms with Gasteiger partial charge in [0.15, 0.2) is 0 Å². The number of aromatic nitrogens is 2. The fourth-order valence-electron chi connectivity index (χ4n) is 3.40. The number of nitrogens with zero attached hydrogens (tertiary/aromatic N) is 2. The van der Waals surface area contributed by atoms with E-state index in [2.05, 4.69) is 10.4 Å². The zero-order valence-corrected chi connectivity index (χ0v) is 14.7. The second-order valence-corrected chi connectivity index (χ2v) is 6.60. The Morgan fingerprint density at radius 1 is 1.23 bits per heavy atom. The highest BCUT2D eigenvalue weighted by molar-refractivity contribution is 5.88. The summed E-state index contributed by atoms with van der Waals surface area (Å²) in [4.78, 5) is 23.1. The van der Waals surface area contributed by atoms with Gasteiger partial charge in [0, 0.05) is 6.04 Å². The van der Waals surface area contributed by atoms with Crippen molar-refractivity contribution < 1.29 is 19.4 Å². The number of nitrogens with one attached hydrogen (secondary N) is 1. The van der Waals surface area contributed by atoms with Gasteiger partial charge in [0.25, 0.3) is 0 Å². The minimum absolute atomic E-state index is 0.0735. The normalized spacial score (nSPS) is 19.7. The highest BCUT2D eigenvalue weighted by Gasteiger charge is 2.26. The third-order valence-corrected chi connectivity index (χ3v) is 4.85. The number of ether oxygens (including phenoxy) is 1. The summed E-state index contributed by atoms with van der Waals surface area (Å²) in [6, 6.07) is 9.80. The second kappa shape index (κ2) is 8.03. The van der Waals surface area contributed by atoms with Crippen molar-refractivity contribution in [1.82, 2.24) is 15.1 Å². The Balaban J connectivity index is 1.46. The zero-order valence-electron chi connectivity index (χ0n) is 14.7. The van der Waals surface area contributed by atoms with Crippen LogP contribution >= 0.6 is 0 Å². The van der Waals surface area contributed by atoms with Gasteiger partial charge in [0.05, 0.1) is 17.9 Å². The van der Waals surface area contributed by atoms with Crippen LogP contribution in [0, 0.1) is 6.92 Å². The molecule has 26 heavy (non-hydrogen) atoms. The predicted molar refractivity (Wildman–Crippen MR) is 95.0 cm³/mol. The van der Waals surface area contributed by atoms with Gasteiger partial charge in [-0.05, 0) is 38.2 Å². The van der Waals surface area contributed by atoms with Gasteiger partial charge in [-0.2, -0.15) is 5.10 Å². The van der Waals surface area contributed by atoms with Crippen LogP contribution in [-0.4, -0.2) is 33.0 Å². The predicted octanol–water partition coefficient (Wildman–Crippen LogP) is 3.30. The molecule has 3 rings (SSSR count). The second-order valence-electron chi connectivity index (χ2n) is 6.60. The van der Waals surface area contributed by atoms with Crippen molar-refractivity contribution in [3.05, 3.63) is 53.3 Å². The molecule has 1 amide bonds. The Hall–Kier alpha value is -2.83. The third-order valence-electron chi connectivity index (χ3n) is 4.85. The molecule has 0 spiro atoms. The topological polar surface area (TPSA) is 93.5 Å². The monoisotopic (exact) mass is 357 g/mol. The number of aromatic carboxylic acids is 1. The molecule has 7 heteroatoms. The summed E-state index contributed by atoms with van der Waals surface area (Å²) in [7, 11) is 0. The third kappa shape index (κ3) is 4.22. The highest BCUT2D eigenvalue weighted by atomic mass is 16.5. The molecule has 138 valence electrons. The number of carboxylic acid groups (broad SMARTS) is 1. The molecule has 1 saturated carbocycles. The van der Waals surface area contributed by atoms with Crippen molar-refractivity contribution in [2.45, 2.75) is 51.3 Å². The Bertz CT molecular complexity index is 764. The van der Waals surface area contributed by atoms with E-state index in [0.717, 1.165) is 31.2 Å². The maximum atomic E-state index is 12.0. The molecule has 0 unspecified atom stereocenters. The smallest absolute Gasteiger partial charge is 0.407 e. The molecule has 1 aliphatic carbocycles. The van der Waals surface area contributed by atoms with Crippen LogP contribution in [-0.2, 0) is 11.3 Å². The van der Waals surface area contributed by atoms with Crippen LogP contribution in [0.15, 0.2) is 36.5 Å². The van der Waals surface area contributed by atoms with Crippen LogP contribution in [0.3, 0.4) is 0 Å². The maximum Gasteiger partial charge on any atom is 0.407 e. The summed E-state index contributed by atoms with van der Waals surface area (Å²) in [6.07, 6.45) is 4.31. The van der Waals surface area contributed by atoms with Crippen molar-refractivity contribution in [2.75, 3.05) is 0 Å². The number of hydrogen-bond acceptors (Lipinski definition) is 4. The van der Waals surface area contributed by atoms with Gasteiger partial charge < -0.3 is 15.2 Å². The standard InChI is InChI=1S/C19H23N3O4/c1-13-17(18(23)24)11-20-22(13)16-9-7-15(8-10-16)21-19(25)26-12-14-5-3-2-4-6-14/h2-6,11,15-16H,7-10,12H2,1H3,(H,21,25)(H,23,24)/t15-,16-. The first-order valence-electron chi connectivity index (χ1n) is 8.79. The molecule has 1 heterocycles. The van der Waals surface area contributed by atoms with Crippen molar-refractivity contribution >= 4 is 12.1 Å². The summed E-state index contributed by atoms with van der Waals surface area (Å²) in [5.41, 5.74) is 1.88. The van der Waals surface area contributed by atoms with Crippen LogP contribution in [0.5, 0.6) is 0 Å². The Kier molecular flexibility index (Phi) is 5.55. The molecule has 0 radical (unpaired) electrons. The van der Waals surface area contributed by atoms with Crippen molar-refractivity contribution in [2.24, 2.45) is 0 Å². The quantitative estimate of drug-likeness (QED) is 0.856. The molecule has 7 nitrogen and oxygen atoms in total. The molecular formula is C19H23N3O4. The largest absolute Gasteiger partial charge is 0.478 e. The van der Waals surface area contributed by atoms with Gasteiger partial charge in [-0.1, -0.05) is 30.3 Å². The van der Waals surface area contributed by atoms with E-state index in [9.17, 15) is 9.59 Å². The summed E-state index contributed by atoms with van der Waals surface area (Å²) in [5.74, 6) is -0.953. The number of carbonyl (C=O) groups excluding carboxylic acids is 1. The average Bonchev–Trinajstić information content (AvgIpc) is 3.03. The number of benzene rings is 1. The maximum absolute atomic E-state index is 12.0. The molecule has 0 aliphatic heterocycles. The molecule has 1 aromatic heterocycles. The fourth-order valence-corrected chi connectivity index (χ4v) is 3.40. The molecule has 0 atom stereocenters. The lowest BCUT2D eigenvalue weighted by Gasteiger charge is -2.29. The number of alkyl carbamates (subject to hydrolysis) is 1. The van der Waals surface area contributed by atoms with Gasteiger partial charge in [-0.15, -0.1) is 0 Å². The summed E-state index contributed by atoms with van der Waals surface area (Å²) in [5, 5.41) is 16.3. The van der Waals surface area contributed by atoms with Crippen LogP contribution in [0.1, 0.15) is 53.3 Å². The lowest BCUT2D eigenvalue weighted by molar-refractivity contribution is 0.0695. The van der Waals surface area contributed by atoms with Crippen LogP contribution in [0.25, 0.3) is 0 Å². The Labute approximate surface area is 152 Å². The van der Waals surface area contributed by atoms with Gasteiger partial charge in [0.1, 0.15) is 12.2 Å². The van der Waals surface area contributed by atoms with E-state index < -0.39 is 12.1 Å².